The van der Waals surface area contributed by atoms with Crippen molar-refractivity contribution in [3.8, 4) is 5.88 Å². The Morgan fingerprint density at radius 3 is 2.94 bits per heavy atom. The molecule has 1 aromatic heterocycles. The third-order valence-electron chi connectivity index (χ3n) is 2.94. The Labute approximate surface area is 108 Å². The third kappa shape index (κ3) is 4.25. The Morgan fingerprint density at radius 2 is 2.17 bits per heavy atom. The van der Waals surface area contributed by atoms with Crippen LogP contribution in [-0.2, 0) is 11.3 Å². The molecule has 0 aromatic carbocycles. The summed E-state index contributed by atoms with van der Waals surface area (Å²) in [7, 11) is 1.67. The van der Waals surface area contributed by atoms with E-state index in [1.165, 1.54) is 0 Å². The molecule has 2 heterocycles. The van der Waals surface area contributed by atoms with E-state index < -0.39 is 0 Å². The molecule has 5 heteroatoms. The Morgan fingerprint density at radius 1 is 1.33 bits per heavy atom. The SMILES string of the molecule is COCc1cccc(OCCN2CCNCC2)n1. The number of piperazine rings is 1. The Kier molecular flexibility index (Phi) is 5.38. The summed E-state index contributed by atoms with van der Waals surface area (Å²) in [5.41, 5.74) is 0.900. The summed E-state index contributed by atoms with van der Waals surface area (Å²) in [6.45, 7) is 6.50. The summed E-state index contributed by atoms with van der Waals surface area (Å²) in [4.78, 5) is 6.77. The minimum atomic E-state index is 0.523. The van der Waals surface area contributed by atoms with Crippen molar-refractivity contribution in [2.24, 2.45) is 0 Å². The van der Waals surface area contributed by atoms with Crippen molar-refractivity contribution in [1.82, 2.24) is 15.2 Å². The molecule has 0 unspecified atom stereocenters. The van der Waals surface area contributed by atoms with Gasteiger partial charge in [0.15, 0.2) is 0 Å². The largest absolute Gasteiger partial charge is 0.476 e. The maximum Gasteiger partial charge on any atom is 0.213 e. The maximum absolute atomic E-state index is 5.67. The smallest absolute Gasteiger partial charge is 0.213 e. The van der Waals surface area contributed by atoms with E-state index in [1.807, 2.05) is 18.2 Å². The minimum absolute atomic E-state index is 0.523. The van der Waals surface area contributed by atoms with Gasteiger partial charge in [0.05, 0.1) is 12.3 Å². The fourth-order valence-electron chi connectivity index (χ4n) is 1.98. The maximum atomic E-state index is 5.67. The van der Waals surface area contributed by atoms with Gasteiger partial charge < -0.3 is 14.8 Å². The number of hydrogen-bond acceptors (Lipinski definition) is 5. The molecule has 0 saturated carbocycles. The first-order valence-electron chi connectivity index (χ1n) is 6.39. The topological polar surface area (TPSA) is 46.6 Å². The lowest BCUT2D eigenvalue weighted by Gasteiger charge is -2.26. The number of nitrogens with one attached hydrogen (secondary N) is 1. The monoisotopic (exact) mass is 251 g/mol. The highest BCUT2D eigenvalue weighted by molar-refractivity contribution is 5.15. The molecule has 1 aromatic rings. The van der Waals surface area contributed by atoms with Gasteiger partial charge in [-0.25, -0.2) is 4.98 Å². The summed E-state index contributed by atoms with van der Waals surface area (Å²) in [5, 5.41) is 3.34. The molecule has 1 aliphatic heterocycles. The molecule has 0 atom stereocenters. The first-order chi connectivity index (χ1) is 8.88. The lowest BCUT2D eigenvalue weighted by atomic mass is 10.3. The number of nitrogens with zero attached hydrogens (tertiary/aromatic N) is 2. The molecule has 1 N–H and O–H groups in total. The zero-order chi connectivity index (χ0) is 12.6. The van der Waals surface area contributed by atoms with Crippen LogP contribution in [0, 0.1) is 0 Å². The molecule has 1 fully saturated rings. The van der Waals surface area contributed by atoms with Crippen LogP contribution < -0.4 is 10.1 Å². The number of rotatable bonds is 6. The summed E-state index contributed by atoms with van der Waals surface area (Å²) in [5.74, 6) is 0.680. The fraction of sp³-hybridized carbons (Fsp3) is 0.615. The van der Waals surface area contributed by atoms with Crippen LogP contribution >= 0.6 is 0 Å². The minimum Gasteiger partial charge on any atom is -0.476 e. The fourth-order valence-corrected chi connectivity index (χ4v) is 1.98. The predicted octanol–water partition coefficient (Wildman–Crippen LogP) is 0.512. The van der Waals surface area contributed by atoms with E-state index in [-0.39, 0.29) is 0 Å². The molecule has 0 bridgehead atoms. The first-order valence-corrected chi connectivity index (χ1v) is 6.39. The lowest BCUT2D eigenvalue weighted by molar-refractivity contribution is 0.176. The predicted molar refractivity (Wildman–Crippen MR) is 69.8 cm³/mol. The molecule has 0 spiro atoms. The van der Waals surface area contributed by atoms with E-state index >= 15 is 0 Å². The zero-order valence-corrected chi connectivity index (χ0v) is 10.9. The summed E-state index contributed by atoms with van der Waals surface area (Å²) >= 11 is 0. The standard InChI is InChI=1S/C13H21N3O2/c1-17-11-12-3-2-4-13(15-12)18-10-9-16-7-5-14-6-8-16/h2-4,14H,5-11H2,1H3. The molecular formula is C13H21N3O2. The van der Waals surface area contributed by atoms with Crippen LogP contribution in [-0.4, -0.2) is 56.3 Å². The van der Waals surface area contributed by atoms with Crippen molar-refractivity contribution in [3.05, 3.63) is 23.9 Å². The molecule has 100 valence electrons. The molecular weight excluding hydrogens is 230 g/mol. The Hall–Kier alpha value is -1.17. The van der Waals surface area contributed by atoms with Gasteiger partial charge in [0, 0.05) is 45.9 Å². The van der Waals surface area contributed by atoms with E-state index in [1.54, 1.807) is 7.11 Å². The Bertz CT molecular complexity index is 354. The van der Waals surface area contributed by atoms with E-state index in [4.69, 9.17) is 9.47 Å². The second-order valence-electron chi connectivity index (χ2n) is 4.34. The van der Waals surface area contributed by atoms with Crippen LogP contribution in [0.1, 0.15) is 5.69 Å². The van der Waals surface area contributed by atoms with Gasteiger partial charge in [-0.15, -0.1) is 0 Å². The van der Waals surface area contributed by atoms with E-state index in [0.717, 1.165) is 38.4 Å². The number of methoxy groups -OCH3 is 1. The van der Waals surface area contributed by atoms with Gasteiger partial charge in [-0.3, -0.25) is 4.90 Å². The van der Waals surface area contributed by atoms with Crippen molar-refractivity contribution < 1.29 is 9.47 Å². The van der Waals surface area contributed by atoms with E-state index in [0.29, 0.717) is 19.1 Å². The molecule has 18 heavy (non-hydrogen) atoms. The van der Waals surface area contributed by atoms with Gasteiger partial charge in [-0.1, -0.05) is 6.07 Å². The first kappa shape index (κ1) is 13.3. The average molecular weight is 251 g/mol. The molecule has 0 radical (unpaired) electrons. The van der Waals surface area contributed by atoms with Crippen molar-refractivity contribution in [3.63, 3.8) is 0 Å². The van der Waals surface area contributed by atoms with Crippen molar-refractivity contribution in [2.75, 3.05) is 46.4 Å². The molecule has 0 aliphatic carbocycles. The highest BCUT2D eigenvalue weighted by Crippen LogP contribution is 2.08. The quantitative estimate of drug-likeness (QED) is 0.798. The van der Waals surface area contributed by atoms with E-state index in [2.05, 4.69) is 15.2 Å². The van der Waals surface area contributed by atoms with Gasteiger partial charge in [0.1, 0.15) is 6.61 Å². The molecule has 1 aliphatic rings. The van der Waals surface area contributed by atoms with Crippen LogP contribution in [0.3, 0.4) is 0 Å². The van der Waals surface area contributed by atoms with Gasteiger partial charge in [0.2, 0.25) is 5.88 Å². The number of aromatic nitrogens is 1. The number of hydrogen-bond donors (Lipinski definition) is 1. The molecule has 1 saturated heterocycles. The van der Waals surface area contributed by atoms with Gasteiger partial charge >= 0.3 is 0 Å². The van der Waals surface area contributed by atoms with Gasteiger partial charge in [-0.05, 0) is 6.07 Å². The second-order valence-corrected chi connectivity index (χ2v) is 4.34. The highest BCUT2D eigenvalue weighted by Gasteiger charge is 2.09. The van der Waals surface area contributed by atoms with E-state index in [9.17, 15) is 0 Å². The summed E-state index contributed by atoms with van der Waals surface area (Å²) in [6, 6.07) is 5.77. The summed E-state index contributed by atoms with van der Waals surface area (Å²) < 4.78 is 10.7. The second kappa shape index (κ2) is 7.31. The zero-order valence-electron chi connectivity index (χ0n) is 10.9. The van der Waals surface area contributed by atoms with Crippen LogP contribution in [0.2, 0.25) is 0 Å². The highest BCUT2D eigenvalue weighted by atomic mass is 16.5. The molecule has 5 nitrogen and oxygen atoms in total. The number of pyridine rings is 1. The van der Waals surface area contributed by atoms with Crippen LogP contribution in [0.15, 0.2) is 18.2 Å². The van der Waals surface area contributed by atoms with Crippen molar-refractivity contribution in [2.45, 2.75) is 6.61 Å². The number of ether oxygens (including phenoxy) is 2. The van der Waals surface area contributed by atoms with Crippen molar-refractivity contribution in [1.29, 1.82) is 0 Å². The van der Waals surface area contributed by atoms with Crippen LogP contribution in [0.25, 0.3) is 0 Å². The van der Waals surface area contributed by atoms with Crippen LogP contribution in [0.4, 0.5) is 0 Å². The van der Waals surface area contributed by atoms with Gasteiger partial charge in [0.25, 0.3) is 0 Å². The molecule has 2 rings (SSSR count). The third-order valence-corrected chi connectivity index (χ3v) is 2.94. The van der Waals surface area contributed by atoms with Crippen LogP contribution in [0.5, 0.6) is 5.88 Å². The average Bonchev–Trinajstić information content (AvgIpc) is 2.41. The van der Waals surface area contributed by atoms with Gasteiger partial charge in [-0.2, -0.15) is 0 Å². The normalized spacial score (nSPS) is 16.7. The molecule has 0 amide bonds. The Balaban J connectivity index is 1.73. The summed E-state index contributed by atoms with van der Waals surface area (Å²) in [6.07, 6.45) is 0. The lowest BCUT2D eigenvalue weighted by Crippen LogP contribution is -2.44. The van der Waals surface area contributed by atoms with Crippen molar-refractivity contribution >= 4 is 0 Å².